The molecule has 2 saturated heterocycles. The number of likely N-dealkylation sites (tertiary alicyclic amines) is 2. The molecular weight excluding hydrogens is 326 g/mol. The second-order valence-electron chi connectivity index (χ2n) is 8.75. The lowest BCUT2D eigenvalue weighted by atomic mass is 9.87. The summed E-state index contributed by atoms with van der Waals surface area (Å²) in [5, 5.41) is 8.57. The maximum atomic E-state index is 12.7. The van der Waals surface area contributed by atoms with E-state index in [2.05, 4.69) is 49.1 Å². The Labute approximate surface area is 157 Å². The van der Waals surface area contributed by atoms with Crippen LogP contribution in [0.1, 0.15) is 71.0 Å². The van der Waals surface area contributed by atoms with Gasteiger partial charge in [-0.25, -0.2) is 4.68 Å². The van der Waals surface area contributed by atoms with Gasteiger partial charge in [-0.15, -0.1) is 5.10 Å². The minimum atomic E-state index is 0.299. The molecule has 0 radical (unpaired) electrons. The van der Waals surface area contributed by atoms with Gasteiger partial charge in [0.25, 0.3) is 0 Å². The van der Waals surface area contributed by atoms with Gasteiger partial charge in [-0.3, -0.25) is 9.69 Å². The van der Waals surface area contributed by atoms with Gasteiger partial charge in [0.1, 0.15) is 0 Å². The summed E-state index contributed by atoms with van der Waals surface area (Å²) in [6.07, 6.45) is 6.49. The van der Waals surface area contributed by atoms with Crippen LogP contribution in [-0.4, -0.2) is 63.4 Å². The Morgan fingerprint density at radius 2 is 1.73 bits per heavy atom. The van der Waals surface area contributed by atoms with E-state index in [1.807, 2.05) is 9.58 Å². The average molecular weight is 362 g/mol. The first-order valence-corrected chi connectivity index (χ1v) is 10.4. The van der Waals surface area contributed by atoms with E-state index in [0.29, 0.717) is 24.4 Å². The molecule has 3 rings (SSSR count). The second kappa shape index (κ2) is 8.51. The Morgan fingerprint density at radius 1 is 1.08 bits per heavy atom. The molecule has 0 N–H and O–H groups in total. The Hall–Kier alpha value is -1.43. The Balaban J connectivity index is 1.43. The summed E-state index contributed by atoms with van der Waals surface area (Å²) in [5.74, 6) is 2.30. The van der Waals surface area contributed by atoms with Gasteiger partial charge in [-0.2, -0.15) is 0 Å². The van der Waals surface area contributed by atoms with Crippen molar-refractivity contribution in [3.05, 3.63) is 11.9 Å². The number of hydrogen-bond acceptors (Lipinski definition) is 4. The van der Waals surface area contributed by atoms with Gasteiger partial charge in [0, 0.05) is 19.3 Å². The molecule has 1 amide bonds. The maximum Gasteiger partial charge on any atom is 0.236 e. The normalized spacial score (nSPS) is 21.1. The Kier molecular flexibility index (Phi) is 6.33. The Bertz CT molecular complexity index is 581. The van der Waals surface area contributed by atoms with Crippen molar-refractivity contribution in [3.8, 4) is 0 Å². The van der Waals surface area contributed by atoms with Crippen molar-refractivity contribution in [2.45, 2.75) is 65.3 Å². The summed E-state index contributed by atoms with van der Waals surface area (Å²) in [6, 6.07) is 0.376. The number of carbonyl (C=O) groups is 1. The number of amides is 1. The minimum absolute atomic E-state index is 0.299. The van der Waals surface area contributed by atoms with E-state index in [1.54, 1.807) is 0 Å². The van der Waals surface area contributed by atoms with Crippen molar-refractivity contribution in [3.63, 3.8) is 0 Å². The van der Waals surface area contributed by atoms with Gasteiger partial charge in [-0.05, 0) is 56.5 Å². The highest BCUT2D eigenvalue weighted by molar-refractivity contribution is 5.78. The maximum absolute atomic E-state index is 12.7. The van der Waals surface area contributed by atoms with E-state index >= 15 is 0 Å². The number of hydrogen-bond donors (Lipinski definition) is 0. The topological polar surface area (TPSA) is 54.3 Å². The Morgan fingerprint density at radius 3 is 2.27 bits per heavy atom. The van der Waals surface area contributed by atoms with Crippen molar-refractivity contribution in [1.82, 2.24) is 24.8 Å². The highest BCUT2D eigenvalue weighted by Gasteiger charge is 2.28. The van der Waals surface area contributed by atoms with Crippen LogP contribution in [0.25, 0.3) is 0 Å². The predicted octanol–water partition coefficient (Wildman–Crippen LogP) is 2.93. The quantitative estimate of drug-likeness (QED) is 0.809. The molecule has 1 aromatic rings. The molecule has 0 aromatic carbocycles. The second-order valence-corrected chi connectivity index (χ2v) is 8.75. The van der Waals surface area contributed by atoms with Crippen molar-refractivity contribution < 1.29 is 4.79 Å². The average Bonchev–Trinajstić information content (AvgIpc) is 3.13. The third kappa shape index (κ3) is 4.64. The molecular formula is C20H35N5O. The van der Waals surface area contributed by atoms with Crippen molar-refractivity contribution in [2.24, 2.45) is 11.8 Å². The van der Waals surface area contributed by atoms with E-state index < -0.39 is 0 Å². The number of aromatic nitrogens is 3. The summed E-state index contributed by atoms with van der Waals surface area (Å²) in [5.41, 5.74) is 1.05. The van der Waals surface area contributed by atoms with Crippen molar-refractivity contribution in [2.75, 3.05) is 32.7 Å². The number of rotatable bonds is 5. The molecule has 0 atom stereocenters. The highest BCUT2D eigenvalue weighted by Crippen LogP contribution is 2.25. The van der Waals surface area contributed by atoms with Crippen LogP contribution in [0.3, 0.4) is 0 Å². The van der Waals surface area contributed by atoms with Gasteiger partial charge >= 0.3 is 0 Å². The SMILES string of the molecule is CC(C)c1cn(C2CCN(C(=O)CN3CCC(C(C)C)CC3)CC2)nn1. The molecule has 3 heterocycles. The molecule has 146 valence electrons. The lowest BCUT2D eigenvalue weighted by molar-refractivity contribution is -0.134. The van der Waals surface area contributed by atoms with E-state index in [9.17, 15) is 4.79 Å². The standard InChI is InChI=1S/C20H35N5O/c1-15(2)17-5-9-23(10-6-17)14-20(26)24-11-7-18(8-12-24)25-13-19(16(3)4)21-22-25/h13,15-18H,5-12,14H2,1-4H3. The molecule has 0 unspecified atom stereocenters. The molecule has 2 aliphatic rings. The number of piperidine rings is 2. The van der Waals surface area contributed by atoms with Crippen LogP contribution in [-0.2, 0) is 4.79 Å². The summed E-state index contributed by atoms with van der Waals surface area (Å²) in [6.45, 7) is 13.3. The molecule has 6 heteroatoms. The van der Waals surface area contributed by atoms with Gasteiger partial charge in [-0.1, -0.05) is 32.9 Å². The molecule has 0 saturated carbocycles. The van der Waals surface area contributed by atoms with E-state index in [0.717, 1.165) is 56.6 Å². The summed E-state index contributed by atoms with van der Waals surface area (Å²) in [4.78, 5) is 17.1. The van der Waals surface area contributed by atoms with Crippen LogP contribution < -0.4 is 0 Å². The van der Waals surface area contributed by atoms with Gasteiger partial charge in [0.2, 0.25) is 5.91 Å². The first-order valence-electron chi connectivity index (χ1n) is 10.4. The molecule has 0 spiro atoms. The highest BCUT2D eigenvalue weighted by atomic mass is 16.2. The largest absolute Gasteiger partial charge is 0.341 e. The van der Waals surface area contributed by atoms with Crippen LogP contribution >= 0.6 is 0 Å². The predicted molar refractivity (Wildman–Crippen MR) is 103 cm³/mol. The van der Waals surface area contributed by atoms with Crippen LogP contribution in [0.5, 0.6) is 0 Å². The first-order chi connectivity index (χ1) is 12.4. The molecule has 0 bridgehead atoms. The van der Waals surface area contributed by atoms with E-state index in [1.165, 1.54) is 12.8 Å². The minimum Gasteiger partial charge on any atom is -0.341 e. The molecule has 0 aliphatic carbocycles. The molecule has 1 aromatic heterocycles. The molecule has 2 aliphatic heterocycles. The lowest BCUT2D eigenvalue weighted by Gasteiger charge is -2.36. The summed E-state index contributed by atoms with van der Waals surface area (Å²) < 4.78 is 2.01. The zero-order chi connectivity index (χ0) is 18.7. The van der Waals surface area contributed by atoms with E-state index in [4.69, 9.17) is 0 Å². The molecule has 6 nitrogen and oxygen atoms in total. The van der Waals surface area contributed by atoms with Crippen LogP contribution in [0.4, 0.5) is 0 Å². The number of carbonyl (C=O) groups excluding carboxylic acids is 1. The summed E-state index contributed by atoms with van der Waals surface area (Å²) >= 11 is 0. The van der Waals surface area contributed by atoms with Crippen LogP contribution in [0.2, 0.25) is 0 Å². The number of nitrogens with zero attached hydrogens (tertiary/aromatic N) is 5. The van der Waals surface area contributed by atoms with Gasteiger partial charge in [0.15, 0.2) is 0 Å². The third-order valence-corrected chi connectivity index (χ3v) is 6.24. The van der Waals surface area contributed by atoms with Crippen molar-refractivity contribution in [1.29, 1.82) is 0 Å². The smallest absolute Gasteiger partial charge is 0.236 e. The van der Waals surface area contributed by atoms with Gasteiger partial charge < -0.3 is 4.90 Å². The van der Waals surface area contributed by atoms with Crippen molar-refractivity contribution >= 4 is 5.91 Å². The van der Waals surface area contributed by atoms with Crippen LogP contribution in [0, 0.1) is 11.8 Å². The molecule has 26 heavy (non-hydrogen) atoms. The third-order valence-electron chi connectivity index (χ3n) is 6.24. The summed E-state index contributed by atoms with van der Waals surface area (Å²) in [7, 11) is 0. The zero-order valence-corrected chi connectivity index (χ0v) is 16.9. The monoisotopic (exact) mass is 361 g/mol. The van der Waals surface area contributed by atoms with Crippen LogP contribution in [0.15, 0.2) is 6.20 Å². The lowest BCUT2D eigenvalue weighted by Crippen LogP contribution is -2.46. The fourth-order valence-electron chi connectivity index (χ4n) is 4.18. The zero-order valence-electron chi connectivity index (χ0n) is 16.9. The van der Waals surface area contributed by atoms with Gasteiger partial charge in [0.05, 0.1) is 18.3 Å². The van der Waals surface area contributed by atoms with E-state index in [-0.39, 0.29) is 0 Å². The molecule has 2 fully saturated rings. The first kappa shape index (κ1) is 19.3. The fourth-order valence-corrected chi connectivity index (χ4v) is 4.18. The fraction of sp³-hybridized carbons (Fsp3) is 0.850.